The highest BCUT2D eigenvalue weighted by Gasteiger charge is 2.49. The summed E-state index contributed by atoms with van der Waals surface area (Å²) in [6.45, 7) is 1.17. The van der Waals surface area contributed by atoms with Gasteiger partial charge in [-0.1, -0.05) is 73.5 Å². The molecule has 1 saturated carbocycles. The maximum Gasteiger partial charge on any atom is 0.247 e. The minimum absolute atomic E-state index is 0.197. The number of hydrogen-bond donors (Lipinski definition) is 2. The first-order chi connectivity index (χ1) is 17.9. The highest BCUT2D eigenvalue weighted by molar-refractivity contribution is 6.05. The zero-order chi connectivity index (χ0) is 26.3. The van der Waals surface area contributed by atoms with E-state index in [0.717, 1.165) is 24.0 Å². The molecule has 0 bridgehead atoms. The van der Waals surface area contributed by atoms with Crippen LogP contribution in [0.3, 0.4) is 0 Å². The molecule has 0 aromatic heterocycles. The van der Waals surface area contributed by atoms with Crippen LogP contribution >= 0.6 is 0 Å². The number of hydrogen-bond acceptors (Lipinski definition) is 4. The predicted molar refractivity (Wildman–Crippen MR) is 143 cm³/mol. The summed E-state index contributed by atoms with van der Waals surface area (Å²) in [6, 6.07) is 26.4. The molecule has 7 nitrogen and oxygen atoms in total. The maximum atomic E-state index is 14.3. The largest absolute Gasteiger partial charge is 0.497 e. The van der Waals surface area contributed by atoms with E-state index in [4.69, 9.17) is 4.74 Å². The number of methoxy groups -OCH3 is 1. The van der Waals surface area contributed by atoms with Gasteiger partial charge >= 0.3 is 0 Å². The van der Waals surface area contributed by atoms with E-state index in [9.17, 15) is 14.4 Å². The molecule has 1 fully saturated rings. The van der Waals surface area contributed by atoms with Crippen molar-refractivity contribution in [3.63, 3.8) is 0 Å². The molecule has 0 unspecified atom stereocenters. The van der Waals surface area contributed by atoms with Gasteiger partial charge in [-0.25, -0.2) is 0 Å². The molecular weight excluding hydrogens is 466 g/mol. The lowest BCUT2D eigenvalue weighted by Crippen LogP contribution is -2.61. The third kappa shape index (κ3) is 5.82. The van der Waals surface area contributed by atoms with E-state index in [0.29, 0.717) is 24.3 Å². The summed E-state index contributed by atoms with van der Waals surface area (Å²) in [4.78, 5) is 41.1. The van der Waals surface area contributed by atoms with Gasteiger partial charge in [-0.2, -0.15) is 0 Å². The van der Waals surface area contributed by atoms with Crippen LogP contribution in [0.4, 0.5) is 5.69 Å². The Hall–Kier alpha value is -4.13. The smallest absolute Gasteiger partial charge is 0.247 e. The summed E-state index contributed by atoms with van der Waals surface area (Å²) in [5.74, 6) is -0.208. The second kappa shape index (κ2) is 11.7. The normalized spacial score (nSPS) is 14.1. The van der Waals surface area contributed by atoms with E-state index < -0.39 is 5.54 Å². The Bertz CT molecular complexity index is 1170. The van der Waals surface area contributed by atoms with Crippen molar-refractivity contribution in [3.8, 4) is 5.75 Å². The number of amides is 3. The monoisotopic (exact) mass is 499 g/mol. The molecule has 192 valence electrons. The van der Waals surface area contributed by atoms with Crippen LogP contribution in [0, 0.1) is 0 Å². The Labute approximate surface area is 217 Å². The SMILES string of the molecule is COc1ccc(N(C(=O)CNC(C)=O)C2(C(=O)NC(c3ccccc3)c3ccccc3)CCCC2)cc1. The second-order valence-electron chi connectivity index (χ2n) is 9.30. The Morgan fingerprint density at radius 2 is 1.41 bits per heavy atom. The van der Waals surface area contributed by atoms with E-state index in [-0.39, 0.29) is 30.3 Å². The molecule has 0 spiro atoms. The third-order valence-corrected chi connectivity index (χ3v) is 6.89. The van der Waals surface area contributed by atoms with Crippen LogP contribution in [0.15, 0.2) is 84.9 Å². The molecule has 1 aliphatic carbocycles. The van der Waals surface area contributed by atoms with E-state index in [1.165, 1.54) is 6.92 Å². The van der Waals surface area contributed by atoms with E-state index >= 15 is 0 Å². The topological polar surface area (TPSA) is 87.7 Å². The number of carbonyl (C=O) groups is 3. The van der Waals surface area contributed by atoms with Crippen molar-refractivity contribution in [2.24, 2.45) is 0 Å². The molecule has 0 aliphatic heterocycles. The highest BCUT2D eigenvalue weighted by Crippen LogP contribution is 2.40. The molecule has 37 heavy (non-hydrogen) atoms. The van der Waals surface area contributed by atoms with Crippen molar-refractivity contribution in [1.82, 2.24) is 10.6 Å². The quantitative estimate of drug-likeness (QED) is 0.457. The van der Waals surface area contributed by atoms with Crippen LogP contribution < -0.4 is 20.3 Å². The van der Waals surface area contributed by atoms with Crippen LogP contribution in [0.5, 0.6) is 5.75 Å². The molecule has 3 aromatic rings. The first kappa shape index (κ1) is 25.9. The second-order valence-corrected chi connectivity index (χ2v) is 9.30. The number of anilines is 1. The Morgan fingerprint density at radius 3 is 1.89 bits per heavy atom. The Balaban J connectivity index is 1.74. The van der Waals surface area contributed by atoms with Gasteiger partial charge in [-0.3, -0.25) is 19.3 Å². The number of nitrogens with zero attached hydrogens (tertiary/aromatic N) is 1. The number of benzene rings is 3. The molecule has 7 heteroatoms. The van der Waals surface area contributed by atoms with Crippen molar-refractivity contribution in [1.29, 1.82) is 0 Å². The Kier molecular flexibility index (Phi) is 8.23. The average Bonchev–Trinajstić information content (AvgIpc) is 3.42. The summed E-state index contributed by atoms with van der Waals surface area (Å²) in [5, 5.41) is 5.88. The van der Waals surface area contributed by atoms with Crippen molar-refractivity contribution in [2.45, 2.75) is 44.2 Å². The highest BCUT2D eigenvalue weighted by atomic mass is 16.5. The molecule has 1 aliphatic rings. The minimum atomic E-state index is -1.09. The van der Waals surface area contributed by atoms with Crippen LogP contribution in [-0.4, -0.2) is 36.9 Å². The number of nitrogens with one attached hydrogen (secondary N) is 2. The first-order valence-electron chi connectivity index (χ1n) is 12.6. The van der Waals surface area contributed by atoms with Gasteiger partial charge in [0.05, 0.1) is 19.7 Å². The van der Waals surface area contributed by atoms with E-state index in [1.807, 2.05) is 60.7 Å². The van der Waals surface area contributed by atoms with Gasteiger partial charge in [0.15, 0.2) is 0 Å². The van der Waals surface area contributed by atoms with Crippen molar-refractivity contribution in [3.05, 3.63) is 96.1 Å². The van der Waals surface area contributed by atoms with Gasteiger partial charge in [0.2, 0.25) is 17.7 Å². The summed E-state index contributed by atoms with van der Waals surface area (Å²) in [7, 11) is 1.58. The summed E-state index contributed by atoms with van der Waals surface area (Å²) in [6.07, 6.45) is 2.67. The number of ether oxygens (including phenoxy) is 1. The predicted octanol–water partition coefficient (Wildman–Crippen LogP) is 4.38. The van der Waals surface area contributed by atoms with Crippen molar-refractivity contribution in [2.75, 3.05) is 18.6 Å². The van der Waals surface area contributed by atoms with E-state index in [2.05, 4.69) is 10.6 Å². The number of carbonyl (C=O) groups excluding carboxylic acids is 3. The van der Waals surface area contributed by atoms with Crippen LogP contribution in [0.2, 0.25) is 0 Å². The van der Waals surface area contributed by atoms with Crippen molar-refractivity contribution < 1.29 is 19.1 Å². The molecule has 2 N–H and O–H groups in total. The van der Waals surface area contributed by atoms with Crippen LogP contribution in [0.1, 0.15) is 49.8 Å². The molecule has 0 radical (unpaired) electrons. The molecule has 3 aromatic carbocycles. The molecule has 3 amide bonds. The fourth-order valence-electron chi connectivity index (χ4n) is 5.07. The summed E-state index contributed by atoms with van der Waals surface area (Å²) in [5.41, 5.74) is 1.40. The lowest BCUT2D eigenvalue weighted by Gasteiger charge is -2.41. The van der Waals surface area contributed by atoms with E-state index in [1.54, 1.807) is 36.3 Å². The Morgan fingerprint density at radius 1 is 0.865 bits per heavy atom. The standard InChI is InChI=1S/C30H33N3O4/c1-22(34)31-21-27(35)33(25-15-17-26(37-2)18-16-25)30(19-9-10-20-30)29(36)32-28(23-11-5-3-6-12-23)24-13-7-4-8-14-24/h3-8,11-18,28H,9-10,19-21H2,1-2H3,(H,31,34)(H,32,36). The number of rotatable bonds is 9. The van der Waals surface area contributed by atoms with Gasteiger partial charge in [0, 0.05) is 12.6 Å². The lowest BCUT2D eigenvalue weighted by molar-refractivity contribution is -0.131. The van der Waals surface area contributed by atoms with Gasteiger partial charge in [-0.05, 0) is 48.2 Å². The zero-order valence-electron chi connectivity index (χ0n) is 21.3. The fourth-order valence-corrected chi connectivity index (χ4v) is 5.07. The molecular formula is C30H33N3O4. The molecule has 0 atom stereocenters. The fraction of sp³-hybridized carbons (Fsp3) is 0.300. The summed E-state index contributed by atoms with van der Waals surface area (Å²) >= 11 is 0. The minimum Gasteiger partial charge on any atom is -0.497 e. The zero-order valence-corrected chi connectivity index (χ0v) is 21.3. The third-order valence-electron chi connectivity index (χ3n) is 6.89. The molecule has 4 rings (SSSR count). The van der Waals surface area contributed by atoms with Gasteiger partial charge in [-0.15, -0.1) is 0 Å². The molecule has 0 heterocycles. The van der Waals surface area contributed by atoms with Crippen LogP contribution in [0.25, 0.3) is 0 Å². The summed E-state index contributed by atoms with van der Waals surface area (Å²) < 4.78 is 5.30. The first-order valence-corrected chi connectivity index (χ1v) is 12.6. The average molecular weight is 500 g/mol. The van der Waals surface area contributed by atoms with Gasteiger partial charge in [0.1, 0.15) is 11.3 Å². The van der Waals surface area contributed by atoms with Crippen LogP contribution in [-0.2, 0) is 14.4 Å². The lowest BCUT2D eigenvalue weighted by atomic mass is 9.90. The van der Waals surface area contributed by atoms with Gasteiger partial charge < -0.3 is 15.4 Å². The van der Waals surface area contributed by atoms with Crippen molar-refractivity contribution >= 4 is 23.4 Å². The van der Waals surface area contributed by atoms with Gasteiger partial charge in [0.25, 0.3) is 0 Å². The maximum absolute atomic E-state index is 14.3. The molecule has 0 saturated heterocycles.